The molecule has 1 aliphatic carbocycles. The highest BCUT2D eigenvalue weighted by molar-refractivity contribution is 4.51. The van der Waals surface area contributed by atoms with Gasteiger partial charge in [0, 0.05) is 6.15 Å². The number of hydrogen-bond donors (Lipinski definition) is 0. The Hall–Kier alpha value is -0.0400. The molecule has 0 saturated heterocycles. The maximum atomic E-state index is 1.50. The molecule has 3 radical (unpaired) electrons. The van der Waals surface area contributed by atoms with Crippen LogP contribution in [0.25, 0.3) is 0 Å². The molecule has 65 valence electrons. The van der Waals surface area contributed by atoms with E-state index in [0.717, 1.165) is 0 Å². The summed E-state index contributed by atoms with van der Waals surface area (Å²) >= 11 is 0. The molecule has 11 heavy (non-hydrogen) atoms. The van der Waals surface area contributed by atoms with Crippen molar-refractivity contribution in [3.05, 3.63) is 0 Å². The fourth-order valence-electron chi connectivity index (χ4n) is 1.77. The van der Waals surface area contributed by atoms with Crippen LogP contribution in [-0.4, -0.2) is 0 Å². The third kappa shape index (κ3) is 6.36. The highest BCUT2D eigenvalue weighted by atomic mass is 14.0. The van der Waals surface area contributed by atoms with Crippen LogP contribution in [0, 0.1) is 0 Å². The minimum atomic E-state index is 0. The summed E-state index contributed by atoms with van der Waals surface area (Å²) in [5.74, 6) is 0. The Balaban J connectivity index is 0.000001000. The molecule has 0 aromatic heterocycles. The van der Waals surface area contributed by atoms with Crippen molar-refractivity contribution in [3.63, 3.8) is 0 Å². The minimum absolute atomic E-state index is 0. The van der Waals surface area contributed by atoms with E-state index in [1.165, 1.54) is 64.2 Å². The van der Waals surface area contributed by atoms with Crippen LogP contribution in [-0.2, 0) is 0 Å². The van der Waals surface area contributed by atoms with Gasteiger partial charge in [-0.1, -0.05) is 64.2 Å². The molecule has 0 N–H and O–H groups in total. The Bertz CT molecular complexity index is 38.1. The minimum Gasteiger partial charge on any atom is -0.0533 e. The molecule has 1 saturated carbocycles. The summed E-state index contributed by atoms with van der Waals surface area (Å²) < 4.78 is 0. The smallest absolute Gasteiger partial charge is 0 e. The molecule has 0 heterocycles. The average Bonchev–Trinajstić information content (AvgIpc) is 2.01. The molecule has 1 fully saturated rings. The second-order valence-electron chi connectivity index (χ2n) is 3.54. The third-order valence-electron chi connectivity index (χ3n) is 2.50. The van der Waals surface area contributed by atoms with Crippen LogP contribution in [0.15, 0.2) is 0 Å². The van der Waals surface area contributed by atoms with Gasteiger partial charge in [-0.25, -0.2) is 0 Å². The molecular weight excluding hydrogens is 134 g/mol. The van der Waals surface area contributed by atoms with Crippen molar-refractivity contribution in [1.82, 2.24) is 6.15 Å². The Kier molecular flexibility index (Phi) is 8.03. The van der Waals surface area contributed by atoms with Crippen LogP contribution in [0.1, 0.15) is 64.2 Å². The number of nitrogens with zero attached hydrogens (tertiary/aromatic N) is 1. The molecule has 0 atom stereocenters. The lowest BCUT2D eigenvalue weighted by Gasteiger charge is -2.05. The number of rotatable bonds is 0. The van der Waals surface area contributed by atoms with E-state index in [4.69, 9.17) is 0 Å². The Labute approximate surface area is 71.2 Å². The summed E-state index contributed by atoms with van der Waals surface area (Å²) in [6.45, 7) is 0. The predicted octanol–water partition coefficient (Wildman–Crippen LogP) is 3.42. The Morgan fingerprint density at radius 2 is 0.364 bits per heavy atom. The largest absolute Gasteiger partial charge is 0.0533 e. The van der Waals surface area contributed by atoms with Gasteiger partial charge in [-0.15, -0.1) is 0 Å². The molecule has 0 unspecified atom stereocenters. The van der Waals surface area contributed by atoms with Gasteiger partial charge in [-0.3, -0.25) is 0 Å². The standard InChI is InChI=1S/C10H20.N/c1-2-4-6-8-10-9-7-5-3-1;/h1-10H2;. The quantitative estimate of drug-likeness (QED) is 0.512. The Morgan fingerprint density at radius 3 is 0.455 bits per heavy atom. The molecule has 0 aromatic carbocycles. The third-order valence-corrected chi connectivity index (χ3v) is 2.50. The first-order valence-electron chi connectivity index (χ1n) is 5.00. The molecule has 0 aromatic rings. The molecule has 0 spiro atoms. The SMILES string of the molecule is C1CCCCCCCCC1.[N]. The van der Waals surface area contributed by atoms with Gasteiger partial charge in [0.15, 0.2) is 0 Å². The van der Waals surface area contributed by atoms with Gasteiger partial charge in [0.25, 0.3) is 0 Å². The molecule has 1 rings (SSSR count). The van der Waals surface area contributed by atoms with Gasteiger partial charge in [0.05, 0.1) is 0 Å². The zero-order valence-corrected chi connectivity index (χ0v) is 7.52. The zero-order chi connectivity index (χ0) is 7.07. The molecular formula is C10H20N. The van der Waals surface area contributed by atoms with Crippen LogP contribution < -0.4 is 6.15 Å². The van der Waals surface area contributed by atoms with E-state index in [1.807, 2.05) is 0 Å². The maximum absolute atomic E-state index is 1.50. The lowest BCUT2D eigenvalue weighted by atomic mass is 10.0. The van der Waals surface area contributed by atoms with Crippen molar-refractivity contribution in [2.75, 3.05) is 0 Å². The summed E-state index contributed by atoms with van der Waals surface area (Å²) in [6.07, 6.45) is 15.0. The molecule has 1 aliphatic rings. The van der Waals surface area contributed by atoms with Crippen molar-refractivity contribution in [2.45, 2.75) is 64.2 Å². The first kappa shape index (κ1) is 11.0. The van der Waals surface area contributed by atoms with Crippen LogP contribution in [0.5, 0.6) is 0 Å². The van der Waals surface area contributed by atoms with Crippen LogP contribution in [0.2, 0.25) is 0 Å². The molecule has 0 amide bonds. The normalized spacial score (nSPS) is 21.8. The van der Waals surface area contributed by atoms with E-state index < -0.39 is 0 Å². The number of hydrogen-bond acceptors (Lipinski definition) is 0. The van der Waals surface area contributed by atoms with Crippen LogP contribution in [0.4, 0.5) is 0 Å². The first-order chi connectivity index (χ1) is 5.00. The lowest BCUT2D eigenvalue weighted by molar-refractivity contribution is 0.504. The average molecular weight is 154 g/mol. The van der Waals surface area contributed by atoms with Gasteiger partial charge in [0.1, 0.15) is 0 Å². The van der Waals surface area contributed by atoms with Gasteiger partial charge < -0.3 is 0 Å². The summed E-state index contributed by atoms with van der Waals surface area (Å²) in [4.78, 5) is 0. The predicted molar refractivity (Wildman–Crippen MR) is 48.3 cm³/mol. The fourth-order valence-corrected chi connectivity index (χ4v) is 1.77. The van der Waals surface area contributed by atoms with E-state index in [-0.39, 0.29) is 6.15 Å². The highest BCUT2D eigenvalue weighted by Gasteiger charge is 1.95. The van der Waals surface area contributed by atoms with Crippen molar-refractivity contribution in [3.8, 4) is 0 Å². The zero-order valence-electron chi connectivity index (χ0n) is 7.52. The molecule has 1 heteroatoms. The summed E-state index contributed by atoms with van der Waals surface area (Å²) in [7, 11) is 0. The van der Waals surface area contributed by atoms with E-state index >= 15 is 0 Å². The first-order valence-corrected chi connectivity index (χ1v) is 5.00. The van der Waals surface area contributed by atoms with Crippen molar-refractivity contribution >= 4 is 0 Å². The van der Waals surface area contributed by atoms with E-state index in [1.54, 1.807) is 0 Å². The van der Waals surface area contributed by atoms with Crippen LogP contribution >= 0.6 is 0 Å². The van der Waals surface area contributed by atoms with E-state index in [9.17, 15) is 0 Å². The Morgan fingerprint density at radius 1 is 0.273 bits per heavy atom. The highest BCUT2D eigenvalue weighted by Crippen LogP contribution is 2.15. The van der Waals surface area contributed by atoms with E-state index in [0.29, 0.717) is 0 Å². The van der Waals surface area contributed by atoms with Crippen LogP contribution in [0.3, 0.4) is 0 Å². The molecule has 0 aliphatic heterocycles. The topological polar surface area (TPSA) is 30.5 Å². The summed E-state index contributed by atoms with van der Waals surface area (Å²) in [5.41, 5.74) is 0. The van der Waals surface area contributed by atoms with Crippen molar-refractivity contribution in [1.29, 1.82) is 0 Å². The van der Waals surface area contributed by atoms with Gasteiger partial charge in [-0.05, 0) is 0 Å². The fraction of sp³-hybridized carbons (Fsp3) is 1.00. The maximum Gasteiger partial charge on any atom is 0 e. The summed E-state index contributed by atoms with van der Waals surface area (Å²) in [6, 6.07) is 0. The van der Waals surface area contributed by atoms with Crippen molar-refractivity contribution < 1.29 is 0 Å². The molecule has 0 bridgehead atoms. The van der Waals surface area contributed by atoms with Gasteiger partial charge in [0.2, 0.25) is 0 Å². The second kappa shape index (κ2) is 8.06. The second-order valence-corrected chi connectivity index (χ2v) is 3.54. The summed E-state index contributed by atoms with van der Waals surface area (Å²) in [5, 5.41) is 0. The van der Waals surface area contributed by atoms with Crippen molar-refractivity contribution in [2.24, 2.45) is 0 Å². The van der Waals surface area contributed by atoms with Gasteiger partial charge in [-0.2, -0.15) is 0 Å². The van der Waals surface area contributed by atoms with E-state index in [2.05, 4.69) is 0 Å². The molecule has 1 nitrogen and oxygen atoms in total. The lowest BCUT2D eigenvalue weighted by Crippen LogP contribution is -1.85. The monoisotopic (exact) mass is 154 g/mol. The van der Waals surface area contributed by atoms with Gasteiger partial charge >= 0.3 is 0 Å².